The van der Waals surface area contributed by atoms with Gasteiger partial charge in [0.05, 0.1) is 12.0 Å². The molecule has 1 aromatic rings. The number of nitrogens with zero attached hydrogens (tertiary/aromatic N) is 1. The van der Waals surface area contributed by atoms with Gasteiger partial charge in [-0.15, -0.1) is 0 Å². The monoisotopic (exact) mass is 361 g/mol. The Balaban J connectivity index is 0.000000744. The van der Waals surface area contributed by atoms with E-state index in [2.05, 4.69) is 16.0 Å². The number of nitrogens with two attached hydrogens (primary N) is 1. The van der Waals surface area contributed by atoms with Crippen molar-refractivity contribution in [2.45, 2.75) is 39.2 Å². The van der Waals surface area contributed by atoms with E-state index >= 15 is 0 Å². The van der Waals surface area contributed by atoms with E-state index in [4.69, 9.17) is 11.0 Å². The summed E-state index contributed by atoms with van der Waals surface area (Å²) in [5.74, 6) is 1.30. The van der Waals surface area contributed by atoms with Gasteiger partial charge in [0, 0.05) is 1.43 Å². The molecule has 2 aliphatic rings. The Morgan fingerprint density at radius 3 is 2.54 bits per heavy atom. The molecule has 0 radical (unpaired) electrons. The summed E-state index contributed by atoms with van der Waals surface area (Å²) in [5, 5.41) is 7.90. The van der Waals surface area contributed by atoms with Crippen LogP contribution in [-0.2, 0) is 16.1 Å². The topological polar surface area (TPSA) is 120 Å². The zero-order chi connectivity index (χ0) is 18.4. The second-order valence-electron chi connectivity index (χ2n) is 7.27. The average Bonchev–Trinajstić information content (AvgIpc) is 3.35. The summed E-state index contributed by atoms with van der Waals surface area (Å²) in [6.45, 7) is 5.31. The highest BCUT2D eigenvalue weighted by Crippen LogP contribution is 2.47. The van der Waals surface area contributed by atoms with Gasteiger partial charge in [0.15, 0.2) is 0 Å². The van der Waals surface area contributed by atoms with E-state index in [0.717, 1.165) is 17.6 Å². The largest absolute Gasteiger partial charge is 0.383 e. The fraction of sp³-hybridized carbons (Fsp3) is 0.400. The van der Waals surface area contributed by atoms with Gasteiger partial charge in [-0.2, -0.15) is 4.99 Å². The Kier molecular flexibility index (Phi) is 7.89. The molecule has 6 N–H and O–H groups in total. The van der Waals surface area contributed by atoms with Gasteiger partial charge in [-0.3, -0.25) is 10.1 Å². The van der Waals surface area contributed by atoms with Crippen LogP contribution in [0.2, 0.25) is 0 Å². The molecule has 1 amide bonds. The molecule has 6 nitrogen and oxygen atoms in total. The lowest BCUT2D eigenvalue weighted by Crippen LogP contribution is -2.20. The minimum atomic E-state index is -0.403. The number of rotatable bonds is 3. The molecule has 6 heteroatoms. The summed E-state index contributed by atoms with van der Waals surface area (Å²) in [4.78, 5) is 19.8. The molecular weight excluding hydrogens is 330 g/mol. The summed E-state index contributed by atoms with van der Waals surface area (Å²) in [6, 6.07) is 9.60. The van der Waals surface area contributed by atoms with Gasteiger partial charge >= 0.3 is 0 Å². The molecule has 0 spiro atoms. The number of fused-ring (bicyclic) bond motifs is 1. The van der Waals surface area contributed by atoms with Crippen molar-refractivity contribution in [1.29, 1.82) is 0 Å². The Morgan fingerprint density at radius 1 is 1.35 bits per heavy atom. The quantitative estimate of drug-likeness (QED) is 0.326. The first kappa shape index (κ1) is 21.8. The average molecular weight is 361 g/mol. The zero-order valence-electron chi connectivity index (χ0n) is 15.7. The second-order valence-corrected chi connectivity index (χ2v) is 7.27. The van der Waals surface area contributed by atoms with Crippen molar-refractivity contribution >= 4 is 11.7 Å². The van der Waals surface area contributed by atoms with Crippen LogP contribution in [-0.4, -0.2) is 22.6 Å². The van der Waals surface area contributed by atoms with Crippen LogP contribution in [0.4, 0.5) is 0 Å². The van der Waals surface area contributed by atoms with E-state index in [0.29, 0.717) is 24.1 Å². The molecule has 3 rings (SSSR count). The molecule has 2 aliphatic carbocycles. The highest BCUT2D eigenvalue weighted by atomic mass is 17.1. The predicted molar refractivity (Wildman–Crippen MR) is 106 cm³/mol. The summed E-state index contributed by atoms with van der Waals surface area (Å²) < 4.78 is 0. The Bertz CT molecular complexity index is 694. The number of benzene rings is 1. The Morgan fingerprint density at radius 2 is 1.96 bits per heavy atom. The molecule has 0 aliphatic heterocycles. The van der Waals surface area contributed by atoms with Crippen molar-refractivity contribution in [2.24, 2.45) is 22.6 Å². The van der Waals surface area contributed by atoms with Crippen LogP contribution in [0.5, 0.6) is 0 Å². The van der Waals surface area contributed by atoms with E-state index < -0.39 is 5.60 Å². The third-order valence-corrected chi connectivity index (χ3v) is 3.89. The van der Waals surface area contributed by atoms with Gasteiger partial charge in [0.1, 0.15) is 5.84 Å². The number of hydrogen-bond donors (Lipinski definition) is 3. The lowest BCUT2D eigenvalue weighted by Gasteiger charge is -2.10. The first-order chi connectivity index (χ1) is 11.8. The molecule has 0 saturated heterocycles. The Hall–Kier alpha value is -2.28. The van der Waals surface area contributed by atoms with E-state index in [-0.39, 0.29) is 13.5 Å². The molecular formula is C20H31N3O3. The number of hydrogen-bond acceptors (Lipinski definition) is 4. The first-order valence-electron chi connectivity index (χ1n) is 8.42. The summed E-state index contributed by atoms with van der Waals surface area (Å²) in [7, 11) is 0. The molecule has 0 bridgehead atoms. The van der Waals surface area contributed by atoms with Gasteiger partial charge in [0.25, 0.3) is 5.91 Å². The maximum absolute atomic E-state index is 11.9. The normalized spacial score (nSPS) is 20.8. The van der Waals surface area contributed by atoms with Gasteiger partial charge in [-0.25, -0.2) is 4.89 Å². The zero-order valence-corrected chi connectivity index (χ0v) is 15.7. The predicted octanol–water partition coefficient (Wildman–Crippen LogP) is 3.93. The van der Waals surface area contributed by atoms with Crippen LogP contribution >= 0.6 is 0 Å². The summed E-state index contributed by atoms with van der Waals surface area (Å²) in [5.41, 5.74) is 7.53. The Labute approximate surface area is 156 Å². The van der Waals surface area contributed by atoms with Crippen LogP contribution in [0.3, 0.4) is 0 Å². The minimum Gasteiger partial charge on any atom is -0.383 e. The lowest BCUT2D eigenvalue weighted by atomic mass is 10.0. The van der Waals surface area contributed by atoms with Crippen molar-refractivity contribution in [1.82, 2.24) is 6.15 Å². The molecule has 2 atom stereocenters. The maximum Gasteiger partial charge on any atom is 0.252 e. The molecule has 26 heavy (non-hydrogen) atoms. The fourth-order valence-corrected chi connectivity index (χ4v) is 2.49. The number of amidine groups is 1. The molecule has 144 valence electrons. The van der Waals surface area contributed by atoms with E-state index in [9.17, 15) is 4.79 Å². The summed E-state index contributed by atoms with van der Waals surface area (Å²) >= 11 is 0. The van der Waals surface area contributed by atoms with Crippen LogP contribution in [0.15, 0.2) is 59.1 Å². The van der Waals surface area contributed by atoms with Crippen molar-refractivity contribution in [3.8, 4) is 0 Å². The molecule has 1 fully saturated rings. The van der Waals surface area contributed by atoms with Crippen LogP contribution < -0.4 is 11.9 Å². The van der Waals surface area contributed by atoms with Gasteiger partial charge in [0.2, 0.25) is 0 Å². The van der Waals surface area contributed by atoms with Crippen LogP contribution in [0.25, 0.3) is 0 Å². The number of carbonyl (C=O) groups is 1. The fourth-order valence-electron chi connectivity index (χ4n) is 2.49. The van der Waals surface area contributed by atoms with Crippen molar-refractivity contribution in [2.75, 3.05) is 0 Å². The highest BCUT2D eigenvalue weighted by Gasteiger charge is 2.40. The maximum atomic E-state index is 11.9. The molecule has 2 unspecified atom stereocenters. The number of allylic oxidation sites excluding steroid dienone is 3. The van der Waals surface area contributed by atoms with Crippen molar-refractivity contribution in [3.05, 3.63) is 59.7 Å². The summed E-state index contributed by atoms with van der Waals surface area (Å²) in [6.07, 6.45) is 7.60. The van der Waals surface area contributed by atoms with E-state index in [1.54, 1.807) is 20.8 Å². The van der Waals surface area contributed by atoms with Gasteiger partial charge < -0.3 is 11.9 Å². The SMILES string of the molecule is CC(C)(C)OO.N.NC(=NC(=O)Cc1ccccc1)C1=CC=CC2CC12.[HH]. The first-order valence-corrected chi connectivity index (χ1v) is 8.42. The minimum absolute atomic E-state index is 0. The van der Waals surface area contributed by atoms with Crippen LogP contribution in [0.1, 0.15) is 34.2 Å². The van der Waals surface area contributed by atoms with Gasteiger partial charge in [-0.1, -0.05) is 48.6 Å². The van der Waals surface area contributed by atoms with Crippen LogP contribution in [0, 0.1) is 11.8 Å². The van der Waals surface area contributed by atoms with E-state index in [1.165, 1.54) is 0 Å². The highest BCUT2D eigenvalue weighted by molar-refractivity contribution is 6.05. The third kappa shape index (κ3) is 6.92. The van der Waals surface area contributed by atoms with Crippen molar-refractivity contribution in [3.63, 3.8) is 0 Å². The third-order valence-electron chi connectivity index (χ3n) is 3.89. The number of amides is 1. The lowest BCUT2D eigenvalue weighted by molar-refractivity contribution is -0.306. The van der Waals surface area contributed by atoms with E-state index in [1.807, 2.05) is 42.5 Å². The smallest absolute Gasteiger partial charge is 0.252 e. The molecule has 1 saturated carbocycles. The molecule has 0 heterocycles. The van der Waals surface area contributed by atoms with Gasteiger partial charge in [-0.05, 0) is 50.2 Å². The number of aliphatic imine (C=N–C) groups is 1. The number of carbonyl (C=O) groups excluding carboxylic acids is 1. The standard InChI is InChI=1S/C16H16N2O.C4H10O2.H3N.H2/c17-16(13-8-4-7-12-10-14(12)13)18-15(19)9-11-5-2-1-3-6-11;1-4(2,3)6-5;;/h1-8,12,14H,9-10H2,(H2,17,18,19);5H,1-3H3;1H3;1H. The second kappa shape index (κ2) is 9.43. The molecule has 1 aromatic carbocycles. The van der Waals surface area contributed by atoms with Crippen molar-refractivity contribution < 1.29 is 16.4 Å². The molecule has 0 aromatic heterocycles.